The number of benzene rings is 1. The molecule has 22 heavy (non-hydrogen) atoms. The van der Waals surface area contributed by atoms with Crippen LogP contribution in [0.5, 0.6) is 0 Å². The number of carbonyl (C=O) groups excluding carboxylic acids is 1. The molecule has 1 aromatic carbocycles. The Morgan fingerprint density at radius 1 is 1.36 bits per heavy atom. The Kier molecular flexibility index (Phi) is 7.18. The molecule has 4 N–H and O–H groups in total. The lowest BCUT2D eigenvalue weighted by Gasteiger charge is -2.20. The Labute approximate surface area is 136 Å². The molecular formula is C14H23N3O3S2. The van der Waals surface area contributed by atoms with Gasteiger partial charge in [0.15, 0.2) is 0 Å². The molecule has 0 fully saturated rings. The standard InChI is InChI=1S/C14H23N3O3S2/c1-4-12(9-21-3)17-14(18)16-10(2)11-6-5-7-13(8-11)22(15,19)20/h5-8,10,12H,4,9H2,1-3H3,(H2,15,19,20)(H2,16,17,18). The predicted octanol–water partition coefficient (Wildman–Crippen LogP) is 1.84. The van der Waals surface area contributed by atoms with E-state index in [1.807, 2.05) is 13.2 Å². The summed E-state index contributed by atoms with van der Waals surface area (Å²) >= 11 is 1.67. The molecule has 2 atom stereocenters. The van der Waals surface area contributed by atoms with Gasteiger partial charge in [0.25, 0.3) is 0 Å². The normalized spacial score (nSPS) is 14.2. The molecule has 0 heterocycles. The lowest BCUT2D eigenvalue weighted by atomic mass is 10.1. The Morgan fingerprint density at radius 3 is 2.59 bits per heavy atom. The summed E-state index contributed by atoms with van der Waals surface area (Å²) in [5, 5.41) is 10.8. The van der Waals surface area contributed by atoms with E-state index in [-0.39, 0.29) is 23.0 Å². The Morgan fingerprint density at radius 2 is 2.05 bits per heavy atom. The molecule has 1 rings (SSSR count). The first kappa shape index (κ1) is 18.8. The van der Waals surface area contributed by atoms with Gasteiger partial charge in [0, 0.05) is 11.8 Å². The van der Waals surface area contributed by atoms with Crippen molar-refractivity contribution in [3.63, 3.8) is 0 Å². The Bertz CT molecular complexity index is 605. The van der Waals surface area contributed by atoms with Gasteiger partial charge in [-0.05, 0) is 37.3 Å². The van der Waals surface area contributed by atoms with Gasteiger partial charge >= 0.3 is 6.03 Å². The number of carbonyl (C=O) groups is 1. The van der Waals surface area contributed by atoms with Gasteiger partial charge < -0.3 is 10.6 Å². The topological polar surface area (TPSA) is 101 Å². The van der Waals surface area contributed by atoms with Crippen molar-refractivity contribution in [2.45, 2.75) is 37.2 Å². The molecule has 0 aliphatic carbocycles. The van der Waals surface area contributed by atoms with Crippen molar-refractivity contribution in [3.8, 4) is 0 Å². The molecule has 0 saturated heterocycles. The minimum Gasteiger partial charge on any atom is -0.335 e. The highest BCUT2D eigenvalue weighted by atomic mass is 32.2. The van der Waals surface area contributed by atoms with E-state index in [9.17, 15) is 13.2 Å². The maximum atomic E-state index is 12.0. The summed E-state index contributed by atoms with van der Waals surface area (Å²) in [7, 11) is -3.75. The molecular weight excluding hydrogens is 322 g/mol. The SMILES string of the molecule is CCC(CSC)NC(=O)NC(C)c1cccc(S(N)(=O)=O)c1. The van der Waals surface area contributed by atoms with Gasteiger partial charge in [0.2, 0.25) is 10.0 Å². The first-order valence-electron chi connectivity index (χ1n) is 6.96. The van der Waals surface area contributed by atoms with Crippen LogP contribution < -0.4 is 15.8 Å². The average molecular weight is 345 g/mol. The van der Waals surface area contributed by atoms with Crippen LogP contribution in [0.1, 0.15) is 31.9 Å². The zero-order valence-corrected chi connectivity index (χ0v) is 14.6. The summed E-state index contributed by atoms with van der Waals surface area (Å²) in [5.41, 5.74) is 0.680. The van der Waals surface area contributed by atoms with Gasteiger partial charge in [-0.1, -0.05) is 19.1 Å². The largest absolute Gasteiger partial charge is 0.335 e. The highest BCUT2D eigenvalue weighted by Crippen LogP contribution is 2.16. The fourth-order valence-corrected chi connectivity index (χ4v) is 3.22. The average Bonchev–Trinajstić information content (AvgIpc) is 2.45. The van der Waals surface area contributed by atoms with E-state index >= 15 is 0 Å². The Balaban J connectivity index is 2.72. The van der Waals surface area contributed by atoms with Crippen LogP contribution in [0.2, 0.25) is 0 Å². The number of urea groups is 1. The number of nitrogens with two attached hydrogens (primary N) is 1. The summed E-state index contributed by atoms with van der Waals surface area (Å²) in [4.78, 5) is 12.0. The van der Waals surface area contributed by atoms with Crippen LogP contribution in [0.25, 0.3) is 0 Å². The lowest BCUT2D eigenvalue weighted by Crippen LogP contribution is -2.43. The number of thioether (sulfide) groups is 1. The molecule has 0 aliphatic heterocycles. The van der Waals surface area contributed by atoms with E-state index in [0.29, 0.717) is 5.56 Å². The van der Waals surface area contributed by atoms with Gasteiger partial charge in [-0.2, -0.15) is 11.8 Å². The number of rotatable bonds is 7. The monoisotopic (exact) mass is 345 g/mol. The van der Waals surface area contributed by atoms with Gasteiger partial charge in [0.1, 0.15) is 0 Å². The second-order valence-electron chi connectivity index (χ2n) is 5.02. The summed E-state index contributed by atoms with van der Waals surface area (Å²) in [6.45, 7) is 3.80. The molecule has 8 heteroatoms. The third-order valence-corrected chi connectivity index (χ3v) is 4.88. The molecule has 0 aliphatic rings. The number of primary sulfonamides is 1. The zero-order valence-electron chi connectivity index (χ0n) is 13.0. The van der Waals surface area contributed by atoms with E-state index in [1.54, 1.807) is 30.8 Å². The predicted molar refractivity (Wildman–Crippen MR) is 90.4 cm³/mol. The fraction of sp³-hybridized carbons (Fsp3) is 0.500. The number of hydrogen-bond donors (Lipinski definition) is 3. The molecule has 0 bridgehead atoms. The summed E-state index contributed by atoms with van der Waals surface area (Å²) in [5.74, 6) is 0.846. The van der Waals surface area contributed by atoms with Crippen LogP contribution in [0.15, 0.2) is 29.2 Å². The fourth-order valence-electron chi connectivity index (χ4n) is 1.93. The molecule has 1 aromatic rings. The van der Waals surface area contributed by atoms with Crippen molar-refractivity contribution in [1.29, 1.82) is 0 Å². The minimum absolute atomic E-state index is 0.0351. The van der Waals surface area contributed by atoms with Gasteiger partial charge in [-0.25, -0.2) is 18.4 Å². The second kappa shape index (κ2) is 8.40. The second-order valence-corrected chi connectivity index (χ2v) is 7.49. The van der Waals surface area contributed by atoms with E-state index in [0.717, 1.165) is 12.2 Å². The third-order valence-electron chi connectivity index (χ3n) is 3.23. The number of sulfonamides is 1. The Hall–Kier alpha value is -1.25. The minimum atomic E-state index is -3.75. The van der Waals surface area contributed by atoms with Crippen LogP contribution in [0, 0.1) is 0 Å². The molecule has 6 nitrogen and oxygen atoms in total. The molecule has 0 radical (unpaired) electrons. The maximum Gasteiger partial charge on any atom is 0.315 e. The highest BCUT2D eigenvalue weighted by molar-refractivity contribution is 7.98. The van der Waals surface area contributed by atoms with Crippen molar-refractivity contribution in [1.82, 2.24) is 10.6 Å². The van der Waals surface area contributed by atoms with Crippen molar-refractivity contribution in [2.24, 2.45) is 5.14 Å². The summed E-state index contributed by atoms with van der Waals surface area (Å²) in [6, 6.07) is 5.77. The van der Waals surface area contributed by atoms with Crippen molar-refractivity contribution in [3.05, 3.63) is 29.8 Å². The molecule has 0 spiro atoms. The third kappa shape index (κ3) is 5.86. The van der Waals surface area contributed by atoms with Crippen LogP contribution in [0.4, 0.5) is 4.79 Å². The first-order valence-corrected chi connectivity index (χ1v) is 9.90. The van der Waals surface area contributed by atoms with Crippen molar-refractivity contribution < 1.29 is 13.2 Å². The molecule has 124 valence electrons. The molecule has 0 saturated carbocycles. The van der Waals surface area contributed by atoms with Crippen LogP contribution in [0.3, 0.4) is 0 Å². The van der Waals surface area contributed by atoms with E-state index in [1.165, 1.54) is 12.1 Å². The van der Waals surface area contributed by atoms with Crippen LogP contribution in [-0.4, -0.2) is 32.5 Å². The van der Waals surface area contributed by atoms with Gasteiger partial charge in [0.05, 0.1) is 10.9 Å². The molecule has 2 amide bonds. The number of nitrogens with one attached hydrogen (secondary N) is 2. The first-order chi connectivity index (χ1) is 10.3. The van der Waals surface area contributed by atoms with Gasteiger partial charge in [-0.3, -0.25) is 0 Å². The van der Waals surface area contributed by atoms with E-state index < -0.39 is 10.0 Å². The summed E-state index contributed by atoms with van der Waals surface area (Å²) in [6.07, 6.45) is 2.84. The quantitative estimate of drug-likeness (QED) is 0.702. The van der Waals surface area contributed by atoms with Crippen molar-refractivity contribution >= 4 is 27.8 Å². The number of amides is 2. The van der Waals surface area contributed by atoms with Gasteiger partial charge in [-0.15, -0.1) is 0 Å². The van der Waals surface area contributed by atoms with E-state index in [4.69, 9.17) is 5.14 Å². The maximum absolute atomic E-state index is 12.0. The lowest BCUT2D eigenvalue weighted by molar-refractivity contribution is 0.234. The summed E-state index contributed by atoms with van der Waals surface area (Å²) < 4.78 is 22.7. The number of hydrogen-bond acceptors (Lipinski definition) is 4. The van der Waals surface area contributed by atoms with Crippen LogP contribution >= 0.6 is 11.8 Å². The van der Waals surface area contributed by atoms with Crippen LogP contribution in [-0.2, 0) is 10.0 Å². The van der Waals surface area contributed by atoms with Crippen molar-refractivity contribution in [2.75, 3.05) is 12.0 Å². The molecule has 2 unspecified atom stereocenters. The molecule has 0 aromatic heterocycles. The zero-order chi connectivity index (χ0) is 16.8. The smallest absolute Gasteiger partial charge is 0.315 e. The highest BCUT2D eigenvalue weighted by Gasteiger charge is 2.15. The van der Waals surface area contributed by atoms with E-state index in [2.05, 4.69) is 10.6 Å².